The van der Waals surface area contributed by atoms with Crippen LogP contribution >= 0.6 is 15.9 Å². The van der Waals surface area contributed by atoms with Crippen LogP contribution in [0.25, 0.3) is 6.08 Å². The molecule has 2 aliphatic heterocycles. The fraction of sp³-hybridized carbons (Fsp3) is 0.273. The molecular weight excluding hydrogens is 452 g/mol. The van der Waals surface area contributed by atoms with Crippen LogP contribution in [0.3, 0.4) is 0 Å². The maximum atomic E-state index is 13.2. The van der Waals surface area contributed by atoms with Crippen molar-refractivity contribution in [3.05, 3.63) is 58.3 Å². The second-order valence-corrected chi connectivity index (χ2v) is 7.71. The van der Waals surface area contributed by atoms with E-state index in [2.05, 4.69) is 15.9 Å². The molecule has 0 atom stereocenters. The number of morpholine rings is 1. The number of rotatable bonds is 4. The fourth-order valence-corrected chi connectivity index (χ4v) is 3.95. The molecule has 0 unspecified atom stereocenters. The summed E-state index contributed by atoms with van der Waals surface area (Å²) in [4.78, 5) is 29.2. The van der Waals surface area contributed by atoms with Crippen molar-refractivity contribution in [1.82, 2.24) is 4.90 Å². The number of amides is 2. The zero-order valence-corrected chi connectivity index (χ0v) is 18.1. The molecule has 2 amide bonds. The first-order valence-electron chi connectivity index (χ1n) is 9.56. The third kappa shape index (κ3) is 4.20. The molecule has 2 aromatic rings. The van der Waals surface area contributed by atoms with Crippen molar-refractivity contribution in [3.8, 4) is 11.5 Å². The van der Waals surface area contributed by atoms with E-state index in [1.807, 2.05) is 24.3 Å². The lowest BCUT2D eigenvalue weighted by Crippen LogP contribution is -2.48. The molecule has 30 heavy (non-hydrogen) atoms. The molecule has 2 aromatic carbocycles. The van der Waals surface area contributed by atoms with Crippen LogP contribution in [0.2, 0.25) is 0 Å². The van der Waals surface area contributed by atoms with Gasteiger partial charge in [-0.15, -0.1) is 0 Å². The number of carbonyl (C=O) groups excluding carboxylic acids is 2. The molecule has 2 heterocycles. The molecular formula is C22H21BrN2O5. The van der Waals surface area contributed by atoms with Crippen molar-refractivity contribution in [2.75, 3.05) is 44.9 Å². The first-order valence-corrected chi connectivity index (χ1v) is 10.4. The van der Waals surface area contributed by atoms with Crippen molar-refractivity contribution < 1.29 is 23.8 Å². The van der Waals surface area contributed by atoms with Crippen LogP contribution in [0.4, 0.5) is 5.69 Å². The van der Waals surface area contributed by atoms with Gasteiger partial charge in [0.1, 0.15) is 12.3 Å². The lowest BCUT2D eigenvalue weighted by Gasteiger charge is -2.33. The molecule has 2 aliphatic rings. The Morgan fingerprint density at radius 1 is 1.20 bits per heavy atom. The Balaban J connectivity index is 1.63. The minimum atomic E-state index is -0.359. The van der Waals surface area contributed by atoms with Gasteiger partial charge < -0.3 is 19.1 Å². The molecule has 0 aliphatic carbocycles. The van der Waals surface area contributed by atoms with Crippen molar-refractivity contribution in [2.45, 2.75) is 0 Å². The van der Waals surface area contributed by atoms with E-state index in [1.165, 1.54) is 4.90 Å². The molecule has 8 heteroatoms. The first kappa shape index (κ1) is 20.4. The predicted octanol–water partition coefficient (Wildman–Crippen LogP) is 3.08. The summed E-state index contributed by atoms with van der Waals surface area (Å²) in [5.41, 5.74) is 1.35. The topological polar surface area (TPSA) is 68.3 Å². The number of carbonyl (C=O) groups is 2. The van der Waals surface area contributed by atoms with Gasteiger partial charge >= 0.3 is 0 Å². The average molecular weight is 473 g/mol. The van der Waals surface area contributed by atoms with E-state index in [1.54, 1.807) is 36.3 Å². The quantitative estimate of drug-likeness (QED) is 0.639. The van der Waals surface area contributed by atoms with E-state index in [9.17, 15) is 9.59 Å². The number of nitrogens with zero attached hydrogens (tertiary/aromatic N) is 2. The van der Waals surface area contributed by atoms with Gasteiger partial charge in [-0.05, 0) is 51.8 Å². The zero-order valence-electron chi connectivity index (χ0n) is 16.5. The highest BCUT2D eigenvalue weighted by Crippen LogP contribution is 2.36. The Bertz CT molecular complexity index is 1000. The molecule has 1 fully saturated rings. The molecule has 0 spiro atoms. The minimum absolute atomic E-state index is 0.0527. The molecule has 156 valence electrons. The smallest absolute Gasteiger partial charge is 0.294 e. The number of halogens is 1. The summed E-state index contributed by atoms with van der Waals surface area (Å²) < 4.78 is 17.2. The highest BCUT2D eigenvalue weighted by atomic mass is 79.9. The molecule has 0 saturated carbocycles. The monoisotopic (exact) mass is 472 g/mol. The Morgan fingerprint density at radius 2 is 1.97 bits per heavy atom. The largest absolute Gasteiger partial charge is 0.496 e. The van der Waals surface area contributed by atoms with Gasteiger partial charge in [0.25, 0.3) is 5.91 Å². The summed E-state index contributed by atoms with van der Waals surface area (Å²) in [6.07, 6.45) is 1.66. The second kappa shape index (κ2) is 8.89. The number of para-hydroxylation sites is 2. The van der Waals surface area contributed by atoms with Gasteiger partial charge in [-0.3, -0.25) is 14.5 Å². The van der Waals surface area contributed by atoms with Crippen LogP contribution in [-0.2, 0) is 14.3 Å². The number of methoxy groups -OCH3 is 1. The molecule has 0 N–H and O–H groups in total. The summed E-state index contributed by atoms with van der Waals surface area (Å²) in [5.74, 6) is 0.902. The van der Waals surface area contributed by atoms with Gasteiger partial charge in [-0.1, -0.05) is 18.2 Å². The minimum Gasteiger partial charge on any atom is -0.496 e. The third-order valence-corrected chi connectivity index (χ3v) is 5.58. The molecule has 4 rings (SSSR count). The summed E-state index contributed by atoms with van der Waals surface area (Å²) in [6, 6.07) is 12.7. The Labute approximate surface area is 182 Å². The summed E-state index contributed by atoms with van der Waals surface area (Å²) in [5, 5.41) is 0. The third-order valence-electron chi connectivity index (χ3n) is 4.96. The van der Waals surface area contributed by atoms with E-state index in [0.717, 1.165) is 10.0 Å². The van der Waals surface area contributed by atoms with E-state index in [-0.39, 0.29) is 24.1 Å². The molecule has 1 saturated heterocycles. The predicted molar refractivity (Wildman–Crippen MR) is 115 cm³/mol. The van der Waals surface area contributed by atoms with E-state index in [0.29, 0.717) is 43.5 Å². The van der Waals surface area contributed by atoms with Gasteiger partial charge in [-0.25, -0.2) is 0 Å². The second-order valence-electron chi connectivity index (χ2n) is 6.86. The van der Waals surface area contributed by atoms with Crippen LogP contribution in [0, 0.1) is 0 Å². The van der Waals surface area contributed by atoms with Gasteiger partial charge in [0.15, 0.2) is 11.5 Å². The van der Waals surface area contributed by atoms with Crippen molar-refractivity contribution in [2.24, 2.45) is 0 Å². The Hall–Kier alpha value is -2.84. The zero-order chi connectivity index (χ0) is 21.1. The molecule has 0 radical (unpaired) electrons. The number of anilines is 1. The first-order chi connectivity index (χ1) is 14.6. The van der Waals surface area contributed by atoms with E-state index < -0.39 is 0 Å². The van der Waals surface area contributed by atoms with Gasteiger partial charge in [0, 0.05) is 13.1 Å². The van der Waals surface area contributed by atoms with Crippen molar-refractivity contribution in [1.29, 1.82) is 0 Å². The van der Waals surface area contributed by atoms with Crippen LogP contribution in [0.5, 0.6) is 11.5 Å². The number of benzene rings is 2. The maximum absolute atomic E-state index is 13.2. The Morgan fingerprint density at radius 3 is 2.70 bits per heavy atom. The van der Waals surface area contributed by atoms with Crippen LogP contribution in [0.1, 0.15) is 5.56 Å². The molecule has 0 bridgehead atoms. The standard InChI is InChI=1S/C22H21BrN2O5/c1-28-18-7-6-15(12-16(18)23)13-20-22(27)25(17-4-2-3-5-19(17)30-20)14-21(26)24-8-10-29-11-9-24/h2-7,12-13H,8-11,14H2,1H3. The SMILES string of the molecule is COc1ccc(C=C2Oc3ccccc3N(CC(=O)N3CCOCC3)C2=O)cc1Br. The van der Waals surface area contributed by atoms with Gasteiger partial charge in [0.2, 0.25) is 5.91 Å². The molecule has 7 nitrogen and oxygen atoms in total. The van der Waals surface area contributed by atoms with Crippen LogP contribution in [-0.4, -0.2) is 56.7 Å². The van der Waals surface area contributed by atoms with E-state index >= 15 is 0 Å². The number of fused-ring (bicyclic) bond motifs is 1. The summed E-state index contributed by atoms with van der Waals surface area (Å²) >= 11 is 3.45. The van der Waals surface area contributed by atoms with Crippen molar-refractivity contribution in [3.63, 3.8) is 0 Å². The van der Waals surface area contributed by atoms with Crippen LogP contribution in [0.15, 0.2) is 52.7 Å². The number of ether oxygens (including phenoxy) is 3. The summed E-state index contributed by atoms with van der Waals surface area (Å²) in [6.45, 7) is 2.03. The Kier molecular flexibility index (Phi) is 6.06. The maximum Gasteiger partial charge on any atom is 0.294 e. The fourth-order valence-electron chi connectivity index (χ4n) is 3.39. The lowest BCUT2D eigenvalue weighted by atomic mass is 10.1. The average Bonchev–Trinajstić information content (AvgIpc) is 2.77. The number of hydrogen-bond donors (Lipinski definition) is 0. The van der Waals surface area contributed by atoms with E-state index in [4.69, 9.17) is 14.2 Å². The van der Waals surface area contributed by atoms with Gasteiger partial charge in [0.05, 0.1) is 30.5 Å². The van der Waals surface area contributed by atoms with Gasteiger partial charge in [-0.2, -0.15) is 0 Å². The number of hydrogen-bond acceptors (Lipinski definition) is 5. The normalized spacial score (nSPS) is 17.5. The highest BCUT2D eigenvalue weighted by Gasteiger charge is 2.33. The molecule has 0 aromatic heterocycles. The van der Waals surface area contributed by atoms with Crippen LogP contribution < -0.4 is 14.4 Å². The van der Waals surface area contributed by atoms with Crippen molar-refractivity contribution >= 4 is 39.5 Å². The lowest BCUT2D eigenvalue weighted by molar-refractivity contribution is -0.135. The highest BCUT2D eigenvalue weighted by molar-refractivity contribution is 9.10. The summed E-state index contributed by atoms with van der Waals surface area (Å²) in [7, 11) is 1.59.